The van der Waals surface area contributed by atoms with Crippen LogP contribution in [0.15, 0.2) is 53.4 Å². The first-order valence-electron chi connectivity index (χ1n) is 9.11. The van der Waals surface area contributed by atoms with Gasteiger partial charge < -0.3 is 14.8 Å². The van der Waals surface area contributed by atoms with E-state index >= 15 is 0 Å². The Bertz CT molecular complexity index is 721. The topological polar surface area (TPSA) is 47.6 Å². The highest BCUT2D eigenvalue weighted by molar-refractivity contribution is 8.00. The maximum absolute atomic E-state index is 12.2. The molecule has 0 aliphatic rings. The van der Waals surface area contributed by atoms with Crippen LogP contribution in [0.5, 0.6) is 11.5 Å². The van der Waals surface area contributed by atoms with Crippen LogP contribution in [0.2, 0.25) is 0 Å². The van der Waals surface area contributed by atoms with Gasteiger partial charge in [-0.25, -0.2) is 0 Å². The molecule has 0 saturated heterocycles. The molecule has 0 spiro atoms. The Labute approximate surface area is 166 Å². The maximum atomic E-state index is 12.2. The summed E-state index contributed by atoms with van der Waals surface area (Å²) >= 11 is 1.52. The molecule has 1 amide bonds. The van der Waals surface area contributed by atoms with Crippen LogP contribution in [0.3, 0.4) is 0 Å². The molecular formula is C22H29NO3S. The van der Waals surface area contributed by atoms with E-state index in [2.05, 4.69) is 38.2 Å². The Kier molecular flexibility index (Phi) is 7.60. The Balaban J connectivity index is 1.71. The molecule has 2 aromatic carbocycles. The zero-order valence-corrected chi connectivity index (χ0v) is 17.6. The fourth-order valence-corrected chi connectivity index (χ4v) is 3.34. The van der Waals surface area contributed by atoms with Gasteiger partial charge in [0, 0.05) is 4.90 Å². The summed E-state index contributed by atoms with van der Waals surface area (Å²) in [7, 11) is 1.64. The van der Waals surface area contributed by atoms with Gasteiger partial charge in [-0.3, -0.25) is 4.79 Å². The first-order valence-corrected chi connectivity index (χ1v) is 9.99. The summed E-state index contributed by atoms with van der Waals surface area (Å²) < 4.78 is 10.9. The van der Waals surface area contributed by atoms with E-state index in [1.807, 2.05) is 43.3 Å². The summed E-state index contributed by atoms with van der Waals surface area (Å²) in [6, 6.07) is 15.8. The van der Waals surface area contributed by atoms with E-state index in [0.29, 0.717) is 13.2 Å². The normalized spacial score (nSPS) is 12.3. The van der Waals surface area contributed by atoms with Crippen molar-refractivity contribution in [3.8, 4) is 11.5 Å². The Hall–Kier alpha value is -2.14. The second-order valence-corrected chi connectivity index (χ2v) is 8.76. The molecule has 0 unspecified atom stereocenters. The molecule has 27 heavy (non-hydrogen) atoms. The molecular weight excluding hydrogens is 358 g/mol. The van der Waals surface area contributed by atoms with Crippen molar-refractivity contribution >= 4 is 17.7 Å². The number of methoxy groups -OCH3 is 1. The molecule has 5 heteroatoms. The fraction of sp³-hybridized carbons (Fsp3) is 0.409. The van der Waals surface area contributed by atoms with Gasteiger partial charge in [-0.2, -0.15) is 0 Å². The Morgan fingerprint density at radius 1 is 1.04 bits per heavy atom. The highest BCUT2D eigenvalue weighted by Gasteiger charge is 2.14. The molecule has 0 aromatic heterocycles. The Morgan fingerprint density at radius 3 is 2.19 bits per heavy atom. The molecule has 2 rings (SSSR count). The lowest BCUT2D eigenvalue weighted by Gasteiger charge is -2.19. The monoisotopic (exact) mass is 387 g/mol. The second-order valence-electron chi connectivity index (χ2n) is 7.35. The number of benzene rings is 2. The Morgan fingerprint density at radius 2 is 1.63 bits per heavy atom. The molecule has 1 N–H and O–H groups in total. The molecule has 0 aliphatic carbocycles. The molecule has 146 valence electrons. The quantitative estimate of drug-likeness (QED) is 0.528. The lowest BCUT2D eigenvalue weighted by Crippen LogP contribution is -2.33. The van der Waals surface area contributed by atoms with Crippen LogP contribution in [0.4, 0.5) is 0 Å². The standard InChI is InChI=1S/C22H29NO3S/c1-16(27-20-12-10-18(25-5)11-13-20)21(24)23-14-15-26-19-8-6-17(7-9-19)22(2,3)4/h6-13,16H,14-15H2,1-5H3,(H,23,24)/t16-/m0/s1. The number of nitrogens with one attached hydrogen (secondary N) is 1. The predicted octanol–water partition coefficient (Wildman–Crippen LogP) is 4.67. The van der Waals surface area contributed by atoms with Gasteiger partial charge in [-0.15, -0.1) is 11.8 Å². The van der Waals surface area contributed by atoms with Gasteiger partial charge in [0.2, 0.25) is 5.91 Å². The molecule has 0 aliphatic heterocycles. The highest BCUT2D eigenvalue weighted by atomic mass is 32.2. The molecule has 0 radical (unpaired) electrons. The van der Waals surface area contributed by atoms with Gasteiger partial charge in [-0.1, -0.05) is 32.9 Å². The van der Waals surface area contributed by atoms with Crippen LogP contribution in [0, 0.1) is 0 Å². The first kappa shape index (κ1) is 21.2. The van der Waals surface area contributed by atoms with E-state index in [9.17, 15) is 4.79 Å². The minimum Gasteiger partial charge on any atom is -0.497 e. The third-order valence-corrected chi connectivity index (χ3v) is 5.24. The number of hydrogen-bond acceptors (Lipinski definition) is 4. The summed E-state index contributed by atoms with van der Waals surface area (Å²) in [6.07, 6.45) is 0. The molecule has 0 saturated carbocycles. The second kappa shape index (κ2) is 9.70. The molecule has 2 aromatic rings. The summed E-state index contributed by atoms with van der Waals surface area (Å²) in [5.41, 5.74) is 1.40. The lowest BCUT2D eigenvalue weighted by atomic mass is 9.87. The summed E-state index contributed by atoms with van der Waals surface area (Å²) in [4.78, 5) is 13.3. The van der Waals surface area contributed by atoms with E-state index in [1.54, 1.807) is 7.11 Å². The predicted molar refractivity (Wildman–Crippen MR) is 112 cm³/mol. The number of hydrogen-bond donors (Lipinski definition) is 1. The average Bonchev–Trinajstić information content (AvgIpc) is 2.65. The minimum absolute atomic E-state index is 0.00231. The SMILES string of the molecule is COc1ccc(S[C@@H](C)C(=O)NCCOc2ccc(C(C)(C)C)cc2)cc1. The average molecular weight is 388 g/mol. The largest absolute Gasteiger partial charge is 0.497 e. The van der Waals surface area contributed by atoms with Crippen molar-refractivity contribution in [2.45, 2.75) is 43.3 Å². The zero-order valence-electron chi connectivity index (χ0n) is 16.7. The van der Waals surface area contributed by atoms with Gasteiger partial charge in [0.1, 0.15) is 18.1 Å². The number of amides is 1. The number of carbonyl (C=O) groups is 1. The summed E-state index contributed by atoms with van der Waals surface area (Å²) in [6.45, 7) is 9.38. The number of carbonyl (C=O) groups excluding carboxylic acids is 1. The van der Waals surface area contributed by atoms with Crippen LogP contribution >= 0.6 is 11.8 Å². The number of thioether (sulfide) groups is 1. The van der Waals surface area contributed by atoms with Crippen molar-refractivity contribution in [2.24, 2.45) is 0 Å². The molecule has 1 atom stereocenters. The van der Waals surface area contributed by atoms with Crippen LogP contribution in [-0.2, 0) is 10.2 Å². The third kappa shape index (κ3) is 6.83. The van der Waals surface area contributed by atoms with Crippen molar-refractivity contribution < 1.29 is 14.3 Å². The maximum Gasteiger partial charge on any atom is 0.233 e. The van der Waals surface area contributed by atoms with Crippen LogP contribution in [0.25, 0.3) is 0 Å². The summed E-state index contributed by atoms with van der Waals surface area (Å²) in [5.74, 6) is 1.63. The van der Waals surface area contributed by atoms with E-state index in [4.69, 9.17) is 9.47 Å². The van der Waals surface area contributed by atoms with E-state index in [0.717, 1.165) is 16.4 Å². The van der Waals surface area contributed by atoms with Crippen molar-refractivity contribution in [2.75, 3.05) is 20.3 Å². The molecule has 0 bridgehead atoms. The van der Waals surface area contributed by atoms with Gasteiger partial charge in [0.05, 0.1) is 18.9 Å². The number of rotatable bonds is 8. The van der Waals surface area contributed by atoms with Crippen molar-refractivity contribution in [3.63, 3.8) is 0 Å². The first-order chi connectivity index (χ1) is 12.8. The van der Waals surface area contributed by atoms with Gasteiger partial charge >= 0.3 is 0 Å². The van der Waals surface area contributed by atoms with Crippen LogP contribution in [-0.4, -0.2) is 31.4 Å². The zero-order chi connectivity index (χ0) is 19.9. The molecule has 0 heterocycles. The van der Waals surface area contributed by atoms with E-state index in [-0.39, 0.29) is 16.6 Å². The van der Waals surface area contributed by atoms with Crippen molar-refractivity contribution in [1.82, 2.24) is 5.32 Å². The van der Waals surface area contributed by atoms with Gasteiger partial charge in [-0.05, 0) is 54.3 Å². The van der Waals surface area contributed by atoms with Crippen molar-refractivity contribution in [1.29, 1.82) is 0 Å². The molecule has 4 nitrogen and oxygen atoms in total. The van der Waals surface area contributed by atoms with Gasteiger partial charge in [0.15, 0.2) is 0 Å². The van der Waals surface area contributed by atoms with Crippen LogP contribution < -0.4 is 14.8 Å². The number of ether oxygens (including phenoxy) is 2. The molecule has 0 fully saturated rings. The lowest BCUT2D eigenvalue weighted by molar-refractivity contribution is -0.120. The minimum atomic E-state index is -0.176. The van der Waals surface area contributed by atoms with Crippen molar-refractivity contribution in [3.05, 3.63) is 54.1 Å². The van der Waals surface area contributed by atoms with Gasteiger partial charge in [0.25, 0.3) is 0 Å². The van der Waals surface area contributed by atoms with E-state index in [1.165, 1.54) is 17.3 Å². The summed E-state index contributed by atoms with van der Waals surface area (Å²) in [5, 5.41) is 2.75. The fourth-order valence-electron chi connectivity index (χ4n) is 2.45. The van der Waals surface area contributed by atoms with Crippen LogP contribution in [0.1, 0.15) is 33.3 Å². The smallest absolute Gasteiger partial charge is 0.233 e. The van der Waals surface area contributed by atoms with E-state index < -0.39 is 0 Å². The third-order valence-electron chi connectivity index (χ3n) is 4.13. The highest BCUT2D eigenvalue weighted by Crippen LogP contribution is 2.26.